The predicted molar refractivity (Wildman–Crippen MR) is 181 cm³/mol. The minimum atomic E-state index is -1.98. The van der Waals surface area contributed by atoms with Crippen molar-refractivity contribution in [2.24, 2.45) is 34.5 Å². The first-order chi connectivity index (χ1) is 23.3. The minimum Gasteiger partial charge on any atom is -0.458 e. The summed E-state index contributed by atoms with van der Waals surface area (Å²) in [5.41, 5.74) is -4.67. The van der Waals surface area contributed by atoms with Crippen LogP contribution < -0.4 is 0 Å². The molecule has 1 aromatic rings. The number of fused-ring (bicyclic) bond motifs is 5. The number of rotatable bonds is 9. The molecule has 1 saturated heterocycles. The molecule has 1 aliphatic heterocycles. The molecule has 4 aliphatic rings. The van der Waals surface area contributed by atoms with Gasteiger partial charge < -0.3 is 33.6 Å². The second-order valence-corrected chi connectivity index (χ2v) is 15.8. The monoisotopic (exact) mass is 696 g/mol. The van der Waals surface area contributed by atoms with Crippen molar-refractivity contribution in [2.45, 2.75) is 117 Å². The summed E-state index contributed by atoms with van der Waals surface area (Å²) in [6.45, 7) is 15.1. The van der Waals surface area contributed by atoms with Gasteiger partial charge in [0.1, 0.15) is 35.5 Å². The molecule has 1 heterocycles. The van der Waals surface area contributed by atoms with Crippen molar-refractivity contribution in [2.75, 3.05) is 13.7 Å². The van der Waals surface area contributed by atoms with E-state index in [0.29, 0.717) is 11.1 Å². The highest BCUT2D eigenvalue weighted by Gasteiger charge is 2.77. The van der Waals surface area contributed by atoms with Gasteiger partial charge in [0.2, 0.25) is 0 Å². The molecular formula is C39H52O11. The highest BCUT2D eigenvalue weighted by molar-refractivity contribution is 5.92. The summed E-state index contributed by atoms with van der Waals surface area (Å²) < 4.78 is 30.8. The van der Waals surface area contributed by atoms with E-state index in [1.165, 1.54) is 21.0 Å². The Labute approximate surface area is 294 Å². The van der Waals surface area contributed by atoms with Crippen molar-refractivity contribution < 1.29 is 52.8 Å². The molecule has 3 fully saturated rings. The maximum Gasteiger partial charge on any atom is 0.338 e. The van der Waals surface area contributed by atoms with E-state index in [-0.39, 0.29) is 48.9 Å². The van der Waals surface area contributed by atoms with Gasteiger partial charge in [0.25, 0.3) is 0 Å². The fraction of sp³-hybridized carbons (Fsp3) is 0.667. The Morgan fingerprint density at radius 1 is 1.04 bits per heavy atom. The van der Waals surface area contributed by atoms with Crippen molar-refractivity contribution in [3.63, 3.8) is 0 Å². The second kappa shape index (κ2) is 13.3. The molecule has 2 unspecified atom stereocenters. The van der Waals surface area contributed by atoms with Gasteiger partial charge in [-0.25, -0.2) is 4.79 Å². The number of methoxy groups -OCH3 is 1. The van der Waals surface area contributed by atoms with Crippen molar-refractivity contribution in [3.05, 3.63) is 47.0 Å². The van der Waals surface area contributed by atoms with Crippen LogP contribution in [0.2, 0.25) is 0 Å². The van der Waals surface area contributed by atoms with Crippen LogP contribution in [0.5, 0.6) is 0 Å². The van der Waals surface area contributed by atoms with E-state index in [1.54, 1.807) is 71.9 Å². The normalized spacial score (nSPS) is 37.1. The first-order valence-electron chi connectivity index (χ1n) is 17.6. The smallest absolute Gasteiger partial charge is 0.338 e. The Kier molecular flexibility index (Phi) is 10.1. The van der Waals surface area contributed by atoms with Crippen LogP contribution in [-0.2, 0) is 42.9 Å². The summed E-state index contributed by atoms with van der Waals surface area (Å²) in [7, 11) is 1.50. The number of esters is 3. The number of hydrogen-bond acceptors (Lipinski definition) is 11. The van der Waals surface area contributed by atoms with Crippen LogP contribution in [0.4, 0.5) is 0 Å². The lowest BCUT2D eigenvalue weighted by atomic mass is 9.43. The van der Waals surface area contributed by atoms with Crippen LogP contribution in [0.1, 0.15) is 91.9 Å². The van der Waals surface area contributed by atoms with Gasteiger partial charge in [-0.2, -0.15) is 0 Å². The van der Waals surface area contributed by atoms with E-state index in [2.05, 4.69) is 0 Å². The highest BCUT2D eigenvalue weighted by Crippen LogP contribution is 2.65. The lowest BCUT2D eigenvalue weighted by Crippen LogP contribution is -2.81. The third kappa shape index (κ3) is 5.73. The average molecular weight is 697 g/mol. The van der Waals surface area contributed by atoms with Crippen LogP contribution in [0.15, 0.2) is 41.5 Å². The molecule has 11 atom stereocenters. The Hall–Kier alpha value is -3.41. The third-order valence-corrected chi connectivity index (χ3v) is 12.6. The van der Waals surface area contributed by atoms with E-state index in [9.17, 15) is 24.3 Å². The lowest BCUT2D eigenvalue weighted by Gasteiger charge is -2.68. The number of carbonyl (C=O) groups excluding carboxylic acids is 5. The van der Waals surface area contributed by atoms with Gasteiger partial charge in [-0.05, 0) is 50.0 Å². The first kappa shape index (κ1) is 37.8. The Balaban J connectivity index is 1.75. The van der Waals surface area contributed by atoms with Gasteiger partial charge in [-0.3, -0.25) is 14.4 Å². The van der Waals surface area contributed by atoms with Gasteiger partial charge >= 0.3 is 17.9 Å². The second-order valence-electron chi connectivity index (χ2n) is 15.8. The molecule has 50 heavy (non-hydrogen) atoms. The van der Waals surface area contributed by atoms with E-state index in [4.69, 9.17) is 23.7 Å². The highest BCUT2D eigenvalue weighted by atomic mass is 16.6. The van der Waals surface area contributed by atoms with Crippen molar-refractivity contribution in [1.29, 1.82) is 0 Å². The average Bonchev–Trinajstić information content (AvgIpc) is 3.04. The zero-order valence-electron chi connectivity index (χ0n) is 30.9. The molecule has 2 saturated carbocycles. The van der Waals surface area contributed by atoms with Crippen LogP contribution in [0, 0.1) is 34.5 Å². The summed E-state index contributed by atoms with van der Waals surface area (Å²) in [6, 6.07) is 8.32. The maximum atomic E-state index is 15.2. The molecule has 0 radical (unpaired) electrons. The number of hydrogen-bond donors (Lipinski definition) is 1. The molecule has 5 rings (SSSR count). The van der Waals surface area contributed by atoms with E-state index in [1.807, 2.05) is 6.92 Å². The predicted octanol–water partition coefficient (Wildman–Crippen LogP) is 4.81. The molecule has 1 aromatic carbocycles. The number of ketones is 2. The number of ether oxygens (including phenoxy) is 5. The molecule has 3 aliphatic carbocycles. The summed E-state index contributed by atoms with van der Waals surface area (Å²) in [5, 5.41) is 13.5. The number of benzene rings is 1. The largest absolute Gasteiger partial charge is 0.458 e. The summed E-state index contributed by atoms with van der Waals surface area (Å²) in [5.74, 6) is -5.08. The van der Waals surface area contributed by atoms with E-state index in [0.717, 1.165) is 0 Å². The molecule has 0 amide bonds. The van der Waals surface area contributed by atoms with Gasteiger partial charge in [0.15, 0.2) is 5.60 Å². The SMILES string of the molecule is CO[C@H]1C[C@H]2OC[C@@]2(OC(C)=O)C2C(OC(=O)c3ccccc3)[C@]3(O)C[C@H](OC(=O)[C@H](C)[C@H](C)CC(C)=O)C(C)=C([C@@H](C)C(=O)[C@@]21C)C3(C)C. The summed E-state index contributed by atoms with van der Waals surface area (Å²) in [6.07, 6.45) is -3.70. The van der Waals surface area contributed by atoms with Crippen LogP contribution in [0.3, 0.4) is 0 Å². The quantitative estimate of drug-likeness (QED) is 0.215. The topological polar surface area (TPSA) is 152 Å². The van der Waals surface area contributed by atoms with Gasteiger partial charge in [0, 0.05) is 44.6 Å². The molecule has 11 heteroatoms. The Morgan fingerprint density at radius 3 is 2.22 bits per heavy atom. The van der Waals surface area contributed by atoms with E-state index >= 15 is 4.79 Å². The fourth-order valence-electron chi connectivity index (χ4n) is 9.70. The summed E-state index contributed by atoms with van der Waals surface area (Å²) in [4.78, 5) is 67.7. The molecule has 0 spiro atoms. The number of Topliss-reactive ketones (excluding diaryl/α,β-unsaturated/α-hetero) is 2. The Morgan fingerprint density at radius 2 is 1.68 bits per heavy atom. The number of aliphatic hydroxyl groups is 1. The maximum absolute atomic E-state index is 15.2. The van der Waals surface area contributed by atoms with Crippen LogP contribution in [-0.4, -0.2) is 83.9 Å². The Bertz CT molecular complexity index is 1580. The molecule has 1 N–H and O–H groups in total. The van der Waals surface area contributed by atoms with Gasteiger partial charge in [-0.15, -0.1) is 0 Å². The van der Waals surface area contributed by atoms with Crippen molar-refractivity contribution >= 4 is 29.5 Å². The first-order valence-corrected chi connectivity index (χ1v) is 17.6. The standard InChI is InChI=1S/C39H52O11/c1-20(16-21(2)40)22(3)34(43)48-27-18-39(45)33(49-35(44)26-14-12-11-13-15-26)31-37(9,32(42)24(5)30(23(27)4)36(39,7)8)28(46-10)17-29-38(31,19-47-29)50-25(6)41/h11-15,20,22,24,27-29,31,33,45H,16-19H2,1-10H3/t20-,22-,24-,27+,28+,29-,31?,33?,37-,38+,39-/m1/s1. The van der Waals surface area contributed by atoms with Gasteiger partial charge in [0.05, 0.1) is 35.5 Å². The number of carbonyl (C=O) groups is 5. The van der Waals surface area contributed by atoms with Crippen LogP contribution >= 0.6 is 0 Å². The molecule has 274 valence electrons. The zero-order chi connectivity index (χ0) is 37.1. The van der Waals surface area contributed by atoms with Gasteiger partial charge in [-0.1, -0.05) is 52.8 Å². The van der Waals surface area contributed by atoms with Crippen molar-refractivity contribution in [3.8, 4) is 0 Å². The van der Waals surface area contributed by atoms with Crippen LogP contribution in [0.25, 0.3) is 0 Å². The molecule has 11 nitrogen and oxygen atoms in total. The fourth-order valence-corrected chi connectivity index (χ4v) is 9.70. The van der Waals surface area contributed by atoms with E-state index < -0.39 is 82.1 Å². The molecular weight excluding hydrogens is 644 g/mol. The summed E-state index contributed by atoms with van der Waals surface area (Å²) >= 11 is 0. The third-order valence-electron chi connectivity index (χ3n) is 12.6. The zero-order valence-corrected chi connectivity index (χ0v) is 30.9. The lowest BCUT2D eigenvalue weighted by molar-refractivity contribution is -0.346. The minimum absolute atomic E-state index is 0.0493. The van der Waals surface area contributed by atoms with Crippen molar-refractivity contribution in [1.82, 2.24) is 0 Å². The molecule has 0 aromatic heterocycles. The molecule has 2 bridgehead atoms.